The number of hydrogen-bond acceptors (Lipinski definition) is 4. The molecule has 0 aromatic heterocycles. The lowest BCUT2D eigenvalue weighted by Gasteiger charge is -1.90. The van der Waals surface area contributed by atoms with Gasteiger partial charge in [-0.25, -0.2) is 0 Å². The van der Waals surface area contributed by atoms with E-state index in [4.69, 9.17) is 0 Å². The maximum atomic E-state index is 10.6. The number of carbonyl (C=O) groups is 1. The van der Waals surface area contributed by atoms with Crippen LogP contribution >= 0.6 is 8.03 Å². The van der Waals surface area contributed by atoms with E-state index < -0.39 is 13.7 Å². The molecule has 0 aliphatic carbocycles. The second kappa shape index (κ2) is 4.36. The van der Waals surface area contributed by atoms with Gasteiger partial charge in [-0.2, -0.15) is 4.79 Å². The highest BCUT2D eigenvalue weighted by atomic mass is 31.1. The van der Waals surface area contributed by atoms with Crippen molar-refractivity contribution in [3.05, 3.63) is 0 Å². The highest BCUT2D eigenvalue weighted by Gasteiger charge is 2.33. The van der Waals surface area contributed by atoms with Gasteiger partial charge in [0.15, 0.2) is 0 Å². The van der Waals surface area contributed by atoms with Crippen molar-refractivity contribution in [3.63, 3.8) is 0 Å². The molecule has 0 heterocycles. The van der Waals surface area contributed by atoms with Crippen LogP contribution < -0.4 is 0 Å². The van der Waals surface area contributed by atoms with Gasteiger partial charge in [-0.1, -0.05) is 0 Å². The van der Waals surface area contributed by atoms with E-state index in [2.05, 4.69) is 9.26 Å². The summed E-state index contributed by atoms with van der Waals surface area (Å²) in [7, 11) is -1.13. The average molecular weight is 165 g/mol. The van der Waals surface area contributed by atoms with Crippen LogP contribution in [-0.4, -0.2) is 18.9 Å². The van der Waals surface area contributed by atoms with Crippen molar-refractivity contribution < 1.29 is 18.6 Å². The Morgan fingerprint density at radius 3 is 2.30 bits per heavy atom. The first-order valence-corrected chi connectivity index (χ1v) is 3.97. The molecule has 0 spiro atoms. The first-order valence-electron chi connectivity index (χ1n) is 2.80. The van der Waals surface area contributed by atoms with Gasteiger partial charge in [0.25, 0.3) is 0 Å². The van der Waals surface area contributed by atoms with E-state index in [1.165, 1.54) is 7.11 Å². The van der Waals surface area contributed by atoms with Crippen molar-refractivity contribution in [1.29, 1.82) is 0 Å². The van der Waals surface area contributed by atoms with Gasteiger partial charge in [-0.05, 0) is 18.4 Å². The molecule has 0 aromatic carbocycles. The van der Waals surface area contributed by atoms with Gasteiger partial charge in [0.2, 0.25) is 0 Å². The molecule has 0 radical (unpaired) electrons. The van der Waals surface area contributed by atoms with Crippen molar-refractivity contribution in [1.82, 2.24) is 0 Å². The maximum absolute atomic E-state index is 10.6. The third kappa shape index (κ3) is 3.54. The van der Waals surface area contributed by atoms with E-state index in [1.807, 2.05) is 0 Å². The zero-order valence-electron chi connectivity index (χ0n) is 6.16. The molecule has 0 saturated carbocycles. The Morgan fingerprint density at radius 2 is 2.00 bits per heavy atom. The summed E-state index contributed by atoms with van der Waals surface area (Å²) in [5, 5.41) is 0. The predicted octanol–water partition coefficient (Wildman–Crippen LogP) is 1.92. The third-order valence-corrected chi connectivity index (χ3v) is 1.72. The van der Waals surface area contributed by atoms with Gasteiger partial charge in [0, 0.05) is 0 Å². The Kier molecular flexibility index (Phi) is 4.16. The Hall–Kier alpha value is -0.470. The molecule has 0 fully saturated rings. The van der Waals surface area contributed by atoms with Crippen LogP contribution in [0.3, 0.4) is 0 Å². The summed E-state index contributed by atoms with van der Waals surface area (Å²) in [6.07, 6.45) is -0.220. The fourth-order valence-electron chi connectivity index (χ4n) is 0.309. The molecule has 5 heteroatoms. The molecule has 4 nitrogen and oxygen atoms in total. The van der Waals surface area contributed by atoms with Crippen LogP contribution in [0, 0.1) is 0 Å². The monoisotopic (exact) mass is 165 g/mol. The van der Waals surface area contributed by atoms with E-state index in [9.17, 15) is 9.36 Å². The standard InChI is InChI=1S/C5H10O4P/c1-4(2)9-10(7)5(6)8-3/h4H,1-3H3/q+1. The number of carbonyl (C=O) groups excluding carboxylic acids is 1. The van der Waals surface area contributed by atoms with Crippen LogP contribution in [0.2, 0.25) is 0 Å². The SMILES string of the molecule is COC(=O)[P+](=O)OC(C)C. The van der Waals surface area contributed by atoms with E-state index in [1.54, 1.807) is 13.8 Å². The van der Waals surface area contributed by atoms with E-state index in [0.717, 1.165) is 0 Å². The number of methoxy groups -OCH3 is 1. The van der Waals surface area contributed by atoms with Crippen molar-refractivity contribution in [3.8, 4) is 0 Å². The summed E-state index contributed by atoms with van der Waals surface area (Å²) in [6, 6.07) is 0. The van der Waals surface area contributed by atoms with Gasteiger partial charge in [-0.15, -0.1) is 4.52 Å². The third-order valence-electron chi connectivity index (χ3n) is 0.630. The molecular formula is C5H10O4P+. The maximum Gasteiger partial charge on any atom is 0.636 e. The van der Waals surface area contributed by atoms with E-state index in [-0.39, 0.29) is 6.10 Å². The minimum Gasteiger partial charge on any atom is -0.429 e. The molecule has 1 unspecified atom stereocenters. The summed E-state index contributed by atoms with van der Waals surface area (Å²) >= 11 is 0. The molecule has 0 N–H and O–H groups in total. The smallest absolute Gasteiger partial charge is 0.429 e. The summed E-state index contributed by atoms with van der Waals surface area (Å²) in [6.45, 7) is 3.38. The molecule has 0 amide bonds. The van der Waals surface area contributed by atoms with Crippen LogP contribution in [0.25, 0.3) is 0 Å². The van der Waals surface area contributed by atoms with Gasteiger partial charge >= 0.3 is 13.7 Å². The largest absolute Gasteiger partial charge is 0.636 e. The Bertz CT molecular complexity index is 143. The van der Waals surface area contributed by atoms with Crippen LogP contribution in [0.5, 0.6) is 0 Å². The lowest BCUT2D eigenvalue weighted by Crippen LogP contribution is -1.99. The Balaban J connectivity index is 3.74. The molecule has 1 atom stereocenters. The zero-order valence-corrected chi connectivity index (χ0v) is 7.05. The van der Waals surface area contributed by atoms with Crippen LogP contribution in [0.1, 0.15) is 13.8 Å². The summed E-state index contributed by atoms with van der Waals surface area (Å²) < 4.78 is 19.4. The second-order valence-electron chi connectivity index (χ2n) is 1.88. The summed E-state index contributed by atoms with van der Waals surface area (Å²) in [5.41, 5.74) is -0.816. The number of rotatable bonds is 3. The minimum absolute atomic E-state index is 0.220. The molecule has 0 bridgehead atoms. The highest BCUT2D eigenvalue weighted by molar-refractivity contribution is 7.58. The Labute approximate surface area is 60.4 Å². The van der Waals surface area contributed by atoms with Crippen molar-refractivity contribution in [2.45, 2.75) is 20.0 Å². The van der Waals surface area contributed by atoms with Crippen molar-refractivity contribution in [2.75, 3.05) is 7.11 Å². The van der Waals surface area contributed by atoms with E-state index in [0.29, 0.717) is 0 Å². The molecule has 0 aromatic rings. The van der Waals surface area contributed by atoms with Crippen LogP contribution in [0.15, 0.2) is 0 Å². The van der Waals surface area contributed by atoms with Crippen LogP contribution in [-0.2, 0) is 13.8 Å². The fraction of sp³-hybridized carbons (Fsp3) is 0.800. The normalized spacial score (nSPS) is 11.4. The zero-order chi connectivity index (χ0) is 8.15. The van der Waals surface area contributed by atoms with Gasteiger partial charge in [-0.3, -0.25) is 0 Å². The molecule has 58 valence electrons. The molecule has 10 heavy (non-hydrogen) atoms. The number of hydrogen-bond donors (Lipinski definition) is 0. The lowest BCUT2D eigenvalue weighted by atomic mass is 10.5. The molecule has 0 aliphatic heterocycles. The van der Waals surface area contributed by atoms with Crippen molar-refractivity contribution in [2.24, 2.45) is 0 Å². The topological polar surface area (TPSA) is 52.6 Å². The molecular weight excluding hydrogens is 155 g/mol. The van der Waals surface area contributed by atoms with E-state index >= 15 is 0 Å². The quantitative estimate of drug-likeness (QED) is 0.599. The number of ether oxygens (including phenoxy) is 1. The lowest BCUT2D eigenvalue weighted by molar-refractivity contribution is 0.186. The summed E-state index contributed by atoms with van der Waals surface area (Å²) in [4.78, 5) is 10.4. The molecule has 0 rings (SSSR count). The second-order valence-corrected chi connectivity index (χ2v) is 2.97. The average Bonchev–Trinajstić information content (AvgIpc) is 1.85. The first kappa shape index (κ1) is 9.53. The van der Waals surface area contributed by atoms with Crippen LogP contribution in [0.4, 0.5) is 4.79 Å². The minimum atomic E-state index is -2.29. The summed E-state index contributed by atoms with van der Waals surface area (Å²) in [5.74, 6) is 0. The Morgan fingerprint density at radius 1 is 1.50 bits per heavy atom. The van der Waals surface area contributed by atoms with Gasteiger partial charge in [0.05, 0.1) is 7.11 Å². The highest BCUT2D eigenvalue weighted by Crippen LogP contribution is 2.26. The predicted molar refractivity (Wildman–Crippen MR) is 36.2 cm³/mol. The fourth-order valence-corrected chi connectivity index (χ4v) is 0.927. The molecule has 0 saturated heterocycles. The molecule has 0 aliphatic rings. The first-order chi connectivity index (χ1) is 4.57. The van der Waals surface area contributed by atoms with Crippen molar-refractivity contribution >= 4 is 13.7 Å². The van der Waals surface area contributed by atoms with Gasteiger partial charge in [0.1, 0.15) is 6.10 Å². The van der Waals surface area contributed by atoms with Gasteiger partial charge < -0.3 is 4.74 Å².